The first-order valence-corrected chi connectivity index (χ1v) is 5.25. The highest BCUT2D eigenvalue weighted by Gasteiger charge is 2.21. The molecule has 1 aliphatic rings. The van der Waals surface area contributed by atoms with E-state index in [1.165, 1.54) is 0 Å². The molecule has 2 aromatic rings. The van der Waals surface area contributed by atoms with Crippen molar-refractivity contribution in [3.8, 4) is 11.4 Å². The Morgan fingerprint density at radius 1 is 1.25 bits per heavy atom. The molecule has 2 N–H and O–H groups in total. The third-order valence-corrected chi connectivity index (χ3v) is 2.67. The number of hydrogen-bond acceptors (Lipinski definition) is 4. The second kappa shape index (κ2) is 3.61. The van der Waals surface area contributed by atoms with Gasteiger partial charge in [-0.3, -0.25) is 4.57 Å². The number of hydrogen-bond donors (Lipinski definition) is 2. The van der Waals surface area contributed by atoms with Crippen LogP contribution in [0.3, 0.4) is 0 Å². The summed E-state index contributed by atoms with van der Waals surface area (Å²) in [6.07, 6.45) is -0.383. The minimum absolute atomic E-state index is 0.383. The minimum Gasteiger partial charge on any atom is -0.389 e. The van der Waals surface area contributed by atoms with Gasteiger partial charge in [0, 0.05) is 12.1 Å². The Balaban J connectivity index is 2.07. The van der Waals surface area contributed by atoms with Crippen molar-refractivity contribution in [3.63, 3.8) is 0 Å². The van der Waals surface area contributed by atoms with Gasteiger partial charge in [0.05, 0.1) is 12.6 Å². The van der Waals surface area contributed by atoms with Crippen molar-refractivity contribution in [1.29, 1.82) is 0 Å². The van der Waals surface area contributed by atoms with Crippen LogP contribution >= 0.6 is 0 Å². The van der Waals surface area contributed by atoms with Crippen molar-refractivity contribution in [1.82, 2.24) is 14.8 Å². The highest BCUT2D eigenvalue weighted by atomic mass is 16.3. The van der Waals surface area contributed by atoms with Crippen molar-refractivity contribution in [2.75, 3.05) is 11.9 Å². The summed E-state index contributed by atoms with van der Waals surface area (Å²) < 4.78 is 1.91. The summed E-state index contributed by atoms with van der Waals surface area (Å²) in [5.41, 5.74) is 1.01. The van der Waals surface area contributed by atoms with E-state index >= 15 is 0 Å². The summed E-state index contributed by atoms with van der Waals surface area (Å²) in [6.45, 7) is 1.08. The maximum atomic E-state index is 9.61. The molecule has 82 valence electrons. The van der Waals surface area contributed by atoms with Crippen molar-refractivity contribution in [2.24, 2.45) is 0 Å². The van der Waals surface area contributed by atoms with Gasteiger partial charge < -0.3 is 10.4 Å². The summed E-state index contributed by atoms with van der Waals surface area (Å²) in [7, 11) is 0. The van der Waals surface area contributed by atoms with E-state index in [2.05, 4.69) is 15.5 Å². The predicted molar refractivity (Wildman–Crippen MR) is 60.0 cm³/mol. The monoisotopic (exact) mass is 216 g/mol. The highest BCUT2D eigenvalue weighted by Crippen LogP contribution is 2.22. The van der Waals surface area contributed by atoms with Crippen LogP contribution in [0.25, 0.3) is 11.4 Å². The molecule has 0 saturated carbocycles. The third kappa shape index (κ3) is 1.45. The van der Waals surface area contributed by atoms with Crippen LogP contribution < -0.4 is 5.32 Å². The molecule has 1 atom stereocenters. The van der Waals surface area contributed by atoms with Crippen molar-refractivity contribution in [2.45, 2.75) is 12.6 Å². The number of β-amino-alcohol motifs (C(OH)–C–C–N with tert-alkyl or cyclic N) is 1. The first kappa shape index (κ1) is 9.35. The second-order valence-corrected chi connectivity index (χ2v) is 3.86. The molecule has 0 fully saturated rings. The van der Waals surface area contributed by atoms with Gasteiger partial charge in [-0.05, 0) is 0 Å². The van der Waals surface area contributed by atoms with Gasteiger partial charge in [-0.15, -0.1) is 10.2 Å². The van der Waals surface area contributed by atoms with E-state index in [0.29, 0.717) is 13.1 Å². The fraction of sp³-hybridized carbons (Fsp3) is 0.273. The first-order chi connectivity index (χ1) is 7.84. The van der Waals surface area contributed by atoms with Crippen LogP contribution in [0.15, 0.2) is 30.3 Å². The minimum atomic E-state index is -0.383. The smallest absolute Gasteiger partial charge is 0.225 e. The maximum absolute atomic E-state index is 9.61. The second-order valence-electron chi connectivity index (χ2n) is 3.86. The van der Waals surface area contributed by atoms with Crippen molar-refractivity contribution >= 4 is 5.95 Å². The Morgan fingerprint density at radius 3 is 2.88 bits per heavy atom. The SMILES string of the molecule is O[C@@H]1CNc2nnc(-c3ccccc3)n2C1. The van der Waals surface area contributed by atoms with Crippen LogP contribution in [0.4, 0.5) is 5.95 Å². The Kier molecular flexibility index (Phi) is 2.11. The molecular formula is C11H12N4O. The average molecular weight is 216 g/mol. The van der Waals surface area contributed by atoms with Crippen LogP contribution in [-0.2, 0) is 6.54 Å². The van der Waals surface area contributed by atoms with E-state index < -0.39 is 0 Å². The van der Waals surface area contributed by atoms with E-state index in [1.54, 1.807) is 0 Å². The largest absolute Gasteiger partial charge is 0.389 e. The number of nitrogens with one attached hydrogen (secondary N) is 1. The Labute approximate surface area is 92.7 Å². The predicted octanol–water partition coefficient (Wildman–Crippen LogP) is 0.732. The zero-order valence-electron chi connectivity index (χ0n) is 8.67. The van der Waals surface area contributed by atoms with Crippen LogP contribution in [0.2, 0.25) is 0 Å². The molecule has 3 rings (SSSR count). The Hall–Kier alpha value is -1.88. The maximum Gasteiger partial charge on any atom is 0.225 e. The van der Waals surface area contributed by atoms with E-state index in [-0.39, 0.29) is 6.10 Å². The van der Waals surface area contributed by atoms with Crippen molar-refractivity contribution < 1.29 is 5.11 Å². The van der Waals surface area contributed by atoms with Crippen LogP contribution in [-0.4, -0.2) is 32.5 Å². The Bertz CT molecular complexity index is 494. The number of fused-ring (bicyclic) bond motifs is 1. The summed E-state index contributed by atoms with van der Waals surface area (Å²) in [6, 6.07) is 9.86. The molecule has 16 heavy (non-hydrogen) atoms. The van der Waals surface area contributed by atoms with E-state index in [0.717, 1.165) is 17.3 Å². The number of anilines is 1. The summed E-state index contributed by atoms with van der Waals surface area (Å²) >= 11 is 0. The average Bonchev–Trinajstić information content (AvgIpc) is 2.73. The van der Waals surface area contributed by atoms with Gasteiger partial charge in [-0.2, -0.15) is 0 Å². The zero-order valence-corrected chi connectivity index (χ0v) is 8.67. The molecule has 1 aliphatic heterocycles. The molecule has 1 aromatic heterocycles. The van der Waals surface area contributed by atoms with Gasteiger partial charge in [0.25, 0.3) is 0 Å². The van der Waals surface area contributed by atoms with Crippen LogP contribution in [0.5, 0.6) is 0 Å². The molecule has 0 unspecified atom stereocenters. The normalized spacial score (nSPS) is 18.9. The number of aliphatic hydroxyl groups excluding tert-OH is 1. The van der Waals surface area contributed by atoms with Crippen LogP contribution in [0.1, 0.15) is 0 Å². The molecule has 5 nitrogen and oxygen atoms in total. The molecule has 0 spiro atoms. The topological polar surface area (TPSA) is 63.0 Å². The molecule has 0 bridgehead atoms. The molecule has 1 aromatic carbocycles. The number of aliphatic hydroxyl groups is 1. The van der Waals surface area contributed by atoms with E-state index in [4.69, 9.17) is 0 Å². The molecule has 0 amide bonds. The van der Waals surface area contributed by atoms with E-state index in [9.17, 15) is 5.11 Å². The Morgan fingerprint density at radius 2 is 2.06 bits per heavy atom. The van der Waals surface area contributed by atoms with Gasteiger partial charge >= 0.3 is 0 Å². The number of rotatable bonds is 1. The van der Waals surface area contributed by atoms with Gasteiger partial charge in [-0.1, -0.05) is 30.3 Å². The molecule has 0 aliphatic carbocycles. The number of aromatic nitrogens is 3. The molecule has 2 heterocycles. The van der Waals surface area contributed by atoms with Gasteiger partial charge in [-0.25, -0.2) is 0 Å². The molecule has 0 radical (unpaired) electrons. The molecular weight excluding hydrogens is 204 g/mol. The number of nitrogens with zero attached hydrogens (tertiary/aromatic N) is 3. The first-order valence-electron chi connectivity index (χ1n) is 5.25. The lowest BCUT2D eigenvalue weighted by Gasteiger charge is -2.21. The third-order valence-electron chi connectivity index (χ3n) is 2.67. The lowest BCUT2D eigenvalue weighted by Crippen LogP contribution is -2.31. The number of benzene rings is 1. The van der Waals surface area contributed by atoms with Gasteiger partial charge in [0.1, 0.15) is 0 Å². The lowest BCUT2D eigenvalue weighted by molar-refractivity contribution is 0.160. The summed E-state index contributed by atoms with van der Waals surface area (Å²) in [5.74, 6) is 1.52. The zero-order chi connectivity index (χ0) is 11.0. The molecule has 5 heteroatoms. The lowest BCUT2D eigenvalue weighted by atomic mass is 10.2. The quantitative estimate of drug-likeness (QED) is 0.737. The van der Waals surface area contributed by atoms with Gasteiger partial charge in [0.15, 0.2) is 5.82 Å². The van der Waals surface area contributed by atoms with Crippen molar-refractivity contribution in [3.05, 3.63) is 30.3 Å². The highest BCUT2D eigenvalue weighted by molar-refractivity contribution is 5.57. The van der Waals surface area contributed by atoms with Gasteiger partial charge in [0.2, 0.25) is 5.95 Å². The van der Waals surface area contributed by atoms with Crippen LogP contribution in [0, 0.1) is 0 Å². The molecule has 0 saturated heterocycles. The summed E-state index contributed by atoms with van der Waals surface area (Å²) in [4.78, 5) is 0. The fourth-order valence-corrected chi connectivity index (χ4v) is 1.89. The van der Waals surface area contributed by atoms with E-state index in [1.807, 2.05) is 34.9 Å². The standard InChI is InChI=1S/C11H12N4O/c16-9-6-12-11-14-13-10(15(11)7-9)8-4-2-1-3-5-8/h1-5,9,16H,6-7H2,(H,12,14)/t9-/m1/s1. The summed E-state index contributed by atoms with van der Waals surface area (Å²) in [5, 5.41) is 20.8. The fourth-order valence-electron chi connectivity index (χ4n) is 1.89.